The third kappa shape index (κ3) is 2.46. The topological polar surface area (TPSA) is 12.0 Å². The van der Waals surface area contributed by atoms with Crippen LogP contribution < -0.4 is 5.32 Å². The second-order valence-electron chi connectivity index (χ2n) is 4.38. The molecule has 0 heterocycles. The van der Waals surface area contributed by atoms with E-state index in [1.165, 1.54) is 6.07 Å². The molecule has 3 heteroatoms. The summed E-state index contributed by atoms with van der Waals surface area (Å²) < 4.78 is 26.2. The number of hydrogen-bond donors (Lipinski definition) is 1. The maximum Gasteiger partial charge on any atom is 0.146 e. The summed E-state index contributed by atoms with van der Waals surface area (Å²) in [5, 5.41) is 3.07. The number of benzene rings is 1. The Morgan fingerprint density at radius 2 is 2.07 bits per heavy atom. The molecule has 15 heavy (non-hydrogen) atoms. The fourth-order valence-corrected chi connectivity index (χ4v) is 2.17. The first kappa shape index (κ1) is 10.4. The van der Waals surface area contributed by atoms with Gasteiger partial charge < -0.3 is 5.32 Å². The average Bonchev–Trinajstić information content (AvgIpc) is 2.58. The lowest BCUT2D eigenvalue weighted by Gasteiger charge is -2.14. The summed E-state index contributed by atoms with van der Waals surface area (Å²) in [6.07, 6.45) is 3.24. The molecule has 1 aromatic carbocycles. The fraction of sp³-hybridized carbons (Fsp3) is 0.500. The largest absolute Gasteiger partial charge is 0.380 e. The Kier molecular flexibility index (Phi) is 2.89. The average molecular weight is 211 g/mol. The van der Waals surface area contributed by atoms with Crippen molar-refractivity contribution in [3.05, 3.63) is 29.8 Å². The van der Waals surface area contributed by atoms with Crippen LogP contribution >= 0.6 is 0 Å². The summed E-state index contributed by atoms with van der Waals surface area (Å²) in [7, 11) is 0. The molecule has 2 rings (SSSR count). The summed E-state index contributed by atoms with van der Waals surface area (Å²) in [4.78, 5) is 0. The molecule has 0 aliphatic heterocycles. The van der Waals surface area contributed by atoms with E-state index in [2.05, 4.69) is 12.2 Å². The minimum Gasteiger partial charge on any atom is -0.380 e. The van der Waals surface area contributed by atoms with Crippen LogP contribution in [0, 0.1) is 17.6 Å². The summed E-state index contributed by atoms with van der Waals surface area (Å²) >= 11 is 0. The molecule has 2 atom stereocenters. The van der Waals surface area contributed by atoms with Crippen molar-refractivity contribution >= 4 is 5.69 Å². The predicted octanol–water partition coefficient (Wildman–Crippen LogP) is 3.57. The van der Waals surface area contributed by atoms with E-state index in [4.69, 9.17) is 0 Å². The van der Waals surface area contributed by atoms with Gasteiger partial charge in [-0.25, -0.2) is 8.78 Å². The molecule has 0 radical (unpaired) electrons. The number of nitrogens with one attached hydrogen (secondary N) is 1. The van der Waals surface area contributed by atoms with E-state index < -0.39 is 5.82 Å². The molecule has 82 valence electrons. The lowest BCUT2D eigenvalue weighted by molar-refractivity contribution is 0.590. The first-order valence-corrected chi connectivity index (χ1v) is 5.37. The monoisotopic (exact) mass is 211 g/mol. The zero-order valence-electron chi connectivity index (χ0n) is 8.76. The van der Waals surface area contributed by atoms with Crippen molar-refractivity contribution < 1.29 is 8.78 Å². The first-order chi connectivity index (χ1) is 7.15. The smallest absolute Gasteiger partial charge is 0.146 e. The summed E-state index contributed by atoms with van der Waals surface area (Å²) in [5.74, 6) is -0.0972. The van der Waals surface area contributed by atoms with Gasteiger partial charge in [-0.15, -0.1) is 0 Å². The van der Waals surface area contributed by atoms with Gasteiger partial charge in [0.2, 0.25) is 0 Å². The highest BCUT2D eigenvalue weighted by Gasteiger charge is 2.21. The maximum atomic E-state index is 13.3. The molecule has 0 unspecified atom stereocenters. The molecule has 1 saturated carbocycles. The van der Waals surface area contributed by atoms with Crippen LogP contribution in [0.4, 0.5) is 14.5 Å². The van der Waals surface area contributed by atoms with Crippen LogP contribution in [0.3, 0.4) is 0 Å². The van der Waals surface area contributed by atoms with Crippen LogP contribution in [0.2, 0.25) is 0 Å². The normalized spacial score (nSPS) is 25.5. The van der Waals surface area contributed by atoms with E-state index in [1.807, 2.05) is 0 Å². The van der Waals surface area contributed by atoms with E-state index in [0.717, 1.165) is 31.4 Å². The molecule has 0 bridgehead atoms. The fourth-order valence-electron chi connectivity index (χ4n) is 2.17. The van der Waals surface area contributed by atoms with Crippen molar-refractivity contribution in [3.8, 4) is 0 Å². The van der Waals surface area contributed by atoms with Crippen LogP contribution in [0.5, 0.6) is 0 Å². The van der Waals surface area contributed by atoms with Gasteiger partial charge in [-0.05, 0) is 43.4 Å². The molecule has 1 aliphatic carbocycles. The van der Waals surface area contributed by atoms with Crippen LogP contribution in [0.15, 0.2) is 18.2 Å². The van der Waals surface area contributed by atoms with Gasteiger partial charge in [0, 0.05) is 6.04 Å². The molecule has 1 N–H and O–H groups in total. The molecule has 1 fully saturated rings. The van der Waals surface area contributed by atoms with E-state index in [-0.39, 0.29) is 17.5 Å². The zero-order chi connectivity index (χ0) is 10.8. The maximum absolute atomic E-state index is 13.3. The Hall–Kier alpha value is -1.12. The Labute approximate surface area is 88.5 Å². The van der Waals surface area contributed by atoms with Gasteiger partial charge in [0.15, 0.2) is 0 Å². The SMILES string of the molecule is C[C@@H]1CC[C@H](Nc2cc(F)ccc2F)C1. The molecule has 0 spiro atoms. The molecule has 1 nitrogen and oxygen atoms in total. The number of hydrogen-bond acceptors (Lipinski definition) is 1. The molecule has 0 saturated heterocycles. The van der Waals surface area contributed by atoms with E-state index in [0.29, 0.717) is 5.92 Å². The van der Waals surface area contributed by atoms with Crippen LogP contribution in [0.1, 0.15) is 26.2 Å². The first-order valence-electron chi connectivity index (χ1n) is 5.37. The lowest BCUT2D eigenvalue weighted by atomic mass is 10.1. The van der Waals surface area contributed by atoms with Gasteiger partial charge in [-0.3, -0.25) is 0 Å². The molecule has 1 aliphatic rings. The standard InChI is InChI=1S/C12H15F2N/c1-8-2-4-10(6-8)15-12-7-9(13)3-5-11(12)14/h3,5,7-8,10,15H,2,4,6H2,1H3/t8-,10+/m1/s1. The second-order valence-corrected chi connectivity index (χ2v) is 4.38. The predicted molar refractivity (Wildman–Crippen MR) is 56.8 cm³/mol. The third-order valence-corrected chi connectivity index (χ3v) is 2.98. The van der Waals surface area contributed by atoms with Crippen molar-refractivity contribution in [3.63, 3.8) is 0 Å². The van der Waals surface area contributed by atoms with Crippen molar-refractivity contribution in [1.82, 2.24) is 0 Å². The van der Waals surface area contributed by atoms with E-state index in [9.17, 15) is 8.78 Å². The Balaban J connectivity index is 2.07. The zero-order valence-corrected chi connectivity index (χ0v) is 8.76. The molecular formula is C12H15F2N. The minimum absolute atomic E-state index is 0.286. The molecule has 0 aromatic heterocycles. The Morgan fingerprint density at radius 3 is 2.73 bits per heavy atom. The Morgan fingerprint density at radius 1 is 1.27 bits per heavy atom. The lowest BCUT2D eigenvalue weighted by Crippen LogP contribution is -2.16. The quantitative estimate of drug-likeness (QED) is 0.788. The summed E-state index contributed by atoms with van der Waals surface area (Å²) in [5.41, 5.74) is 0.286. The third-order valence-electron chi connectivity index (χ3n) is 2.98. The van der Waals surface area contributed by atoms with Gasteiger partial charge >= 0.3 is 0 Å². The summed E-state index contributed by atoms with van der Waals surface area (Å²) in [6.45, 7) is 2.18. The highest BCUT2D eigenvalue weighted by Crippen LogP contribution is 2.28. The van der Waals surface area contributed by atoms with Gasteiger partial charge in [0.25, 0.3) is 0 Å². The highest BCUT2D eigenvalue weighted by molar-refractivity contribution is 5.45. The number of rotatable bonds is 2. The van der Waals surface area contributed by atoms with Crippen molar-refractivity contribution in [2.45, 2.75) is 32.2 Å². The number of halogens is 2. The van der Waals surface area contributed by atoms with Gasteiger partial charge in [0.05, 0.1) is 5.69 Å². The van der Waals surface area contributed by atoms with Crippen LogP contribution in [-0.2, 0) is 0 Å². The number of anilines is 1. The molecule has 0 amide bonds. The van der Waals surface area contributed by atoms with Crippen LogP contribution in [-0.4, -0.2) is 6.04 Å². The molecular weight excluding hydrogens is 196 g/mol. The minimum atomic E-state index is -0.398. The van der Waals surface area contributed by atoms with E-state index in [1.54, 1.807) is 0 Å². The van der Waals surface area contributed by atoms with Crippen molar-refractivity contribution in [1.29, 1.82) is 0 Å². The van der Waals surface area contributed by atoms with Crippen molar-refractivity contribution in [2.24, 2.45) is 5.92 Å². The molecule has 1 aromatic rings. The van der Waals surface area contributed by atoms with Gasteiger partial charge in [-0.1, -0.05) is 6.92 Å². The van der Waals surface area contributed by atoms with Crippen LogP contribution in [0.25, 0.3) is 0 Å². The van der Waals surface area contributed by atoms with Crippen molar-refractivity contribution in [2.75, 3.05) is 5.32 Å². The van der Waals surface area contributed by atoms with E-state index >= 15 is 0 Å². The highest BCUT2D eigenvalue weighted by atomic mass is 19.1. The second kappa shape index (κ2) is 4.17. The summed E-state index contributed by atoms with van der Waals surface area (Å²) in [6, 6.07) is 3.81. The van der Waals surface area contributed by atoms with Gasteiger partial charge in [-0.2, -0.15) is 0 Å². The van der Waals surface area contributed by atoms with Gasteiger partial charge in [0.1, 0.15) is 11.6 Å². The Bertz CT molecular complexity index is 351.